The lowest BCUT2D eigenvalue weighted by Crippen LogP contribution is -2.16. The Balaban J connectivity index is 1.18. The minimum atomic E-state index is -0.347. The largest absolute Gasteiger partial charge is 0.355 e. The number of rotatable bonds is 7. The first kappa shape index (κ1) is 77.0. The van der Waals surface area contributed by atoms with Crippen LogP contribution in [-0.4, -0.2) is 44.8 Å². The number of hydrogen-bond donors (Lipinski definition) is 4. The van der Waals surface area contributed by atoms with E-state index in [0.29, 0.717) is 5.69 Å². The lowest BCUT2D eigenvalue weighted by atomic mass is 9.78. The van der Waals surface area contributed by atoms with Gasteiger partial charge in [0.1, 0.15) is 0 Å². The van der Waals surface area contributed by atoms with Crippen molar-refractivity contribution in [3.8, 4) is 66.8 Å². The molecule has 0 radical (unpaired) electrons. The number of nitro benzene ring substituents is 1. The van der Waals surface area contributed by atoms with Crippen LogP contribution in [0.3, 0.4) is 0 Å². The number of nitrogens with zero attached hydrogens (tertiary/aromatic N) is 5. The molecule has 5 aromatic carbocycles. The first-order chi connectivity index (χ1) is 52.8. The van der Waals surface area contributed by atoms with E-state index in [4.69, 9.17) is 19.9 Å². The number of aromatic nitrogens is 8. The van der Waals surface area contributed by atoms with E-state index in [1.807, 2.05) is 12.1 Å². The highest BCUT2D eigenvalue weighted by Crippen LogP contribution is 2.47. The first-order valence-electron chi connectivity index (χ1n) is 40.0. The highest BCUT2D eigenvalue weighted by atomic mass is 16.6. The van der Waals surface area contributed by atoms with E-state index in [0.717, 1.165) is 151 Å². The second-order valence-electron chi connectivity index (χ2n) is 39.9. The second kappa shape index (κ2) is 27.2. The normalized spacial score (nSPS) is 13.6. The van der Waals surface area contributed by atoms with Gasteiger partial charge in [0.15, 0.2) is 0 Å². The molecule has 0 amide bonds. The average Bonchev–Trinajstić information content (AvgIpc) is 1.55. The van der Waals surface area contributed by atoms with Crippen LogP contribution in [0.5, 0.6) is 0 Å². The van der Waals surface area contributed by atoms with Crippen LogP contribution in [0.4, 0.5) is 5.69 Å². The zero-order chi connectivity index (χ0) is 80.9. The summed E-state index contributed by atoms with van der Waals surface area (Å²) in [6, 6.07) is 54.9. The van der Waals surface area contributed by atoms with Crippen LogP contribution in [0.2, 0.25) is 0 Å². The third-order valence-corrected chi connectivity index (χ3v) is 22.8. The van der Waals surface area contributed by atoms with Crippen LogP contribution >= 0.6 is 0 Å². The smallest absolute Gasteiger partial charge is 0.269 e. The maximum atomic E-state index is 12.4. The van der Waals surface area contributed by atoms with Crippen molar-refractivity contribution in [2.45, 2.75) is 209 Å². The predicted octanol–water partition coefficient (Wildman–Crippen LogP) is 27.9. The molecule has 0 atom stereocenters. The molecule has 4 aliphatic heterocycles. The Kier molecular flexibility index (Phi) is 18.6. The van der Waals surface area contributed by atoms with Crippen LogP contribution in [0.1, 0.15) is 256 Å². The van der Waals surface area contributed by atoms with Gasteiger partial charge in [-0.05, 0) is 231 Å². The number of H-pyrrole nitrogens is 4. The van der Waals surface area contributed by atoms with E-state index < -0.39 is 0 Å². The van der Waals surface area contributed by atoms with E-state index in [-0.39, 0.29) is 53.9 Å². The van der Waals surface area contributed by atoms with Gasteiger partial charge in [-0.25, -0.2) is 19.9 Å². The minimum absolute atomic E-state index is 0.00412. The van der Waals surface area contributed by atoms with E-state index in [1.165, 1.54) is 44.5 Å². The van der Waals surface area contributed by atoms with Crippen LogP contribution in [0.15, 0.2) is 152 Å². The number of benzene rings is 5. The van der Waals surface area contributed by atoms with Crippen molar-refractivity contribution in [1.82, 2.24) is 39.9 Å². The number of nitro groups is 1. The standard InChI is InChI=1S/C102H109N9O2/c1-95(2,3)63-45-59(46-64(53-63)96(4,5)6)89-74-31-27-71(103-74)57-72-28-32-75(104-72)90(60-47-65(97(7,8)9)54-66(48-60)98(10,11)12)79-38-42-85(108-79)93(84-41-37-78(89)107-84)94-86-43-39-82(109-86)91(61-49-67(99(13,14)15)55-68(50-61)100(16,17)18)80-35-33-76(105-80)88(58-25-29-73(30-26-58)111(112)113)77-34-36-81(106-77)92(83-40-44-87(94)110-83)62-51-69(101(19,20)21)56-70(52-62)102(22,23)24/h25-57,103,105,108,110H,1-24H3. The minimum Gasteiger partial charge on any atom is -0.355 e. The Labute approximate surface area is 667 Å². The molecule has 0 aliphatic carbocycles. The van der Waals surface area contributed by atoms with E-state index in [1.54, 1.807) is 12.1 Å². The van der Waals surface area contributed by atoms with Gasteiger partial charge >= 0.3 is 0 Å². The third-order valence-electron chi connectivity index (χ3n) is 22.8. The summed E-state index contributed by atoms with van der Waals surface area (Å²) in [5.74, 6) is 0. The molecule has 574 valence electrons. The van der Waals surface area contributed by atoms with Crippen molar-refractivity contribution < 1.29 is 4.92 Å². The lowest BCUT2D eigenvalue weighted by molar-refractivity contribution is -0.384. The average molecular weight is 1490 g/mol. The van der Waals surface area contributed by atoms with E-state index >= 15 is 0 Å². The monoisotopic (exact) mass is 1490 g/mol. The first-order valence-corrected chi connectivity index (χ1v) is 40.0. The molecule has 11 nitrogen and oxygen atoms in total. The number of fused-ring (bicyclic) bond motifs is 16. The number of aromatic amines is 4. The molecular weight excluding hydrogens is 1380 g/mol. The molecule has 11 heteroatoms. The van der Waals surface area contributed by atoms with Crippen molar-refractivity contribution in [2.75, 3.05) is 0 Å². The van der Waals surface area contributed by atoms with Crippen LogP contribution in [-0.2, 0) is 43.3 Å². The summed E-state index contributed by atoms with van der Waals surface area (Å²) in [6.45, 7) is 54.9. The lowest BCUT2D eigenvalue weighted by Gasteiger charge is -2.26. The summed E-state index contributed by atoms with van der Waals surface area (Å²) >= 11 is 0. The molecule has 4 N–H and O–H groups in total. The molecule has 10 heterocycles. The molecule has 4 aliphatic rings. The summed E-state index contributed by atoms with van der Waals surface area (Å²) in [4.78, 5) is 51.9. The molecule has 16 bridgehead atoms. The van der Waals surface area contributed by atoms with E-state index in [2.05, 4.69) is 362 Å². The van der Waals surface area contributed by atoms with Crippen molar-refractivity contribution >= 4 is 98.4 Å². The van der Waals surface area contributed by atoms with Gasteiger partial charge < -0.3 is 19.9 Å². The van der Waals surface area contributed by atoms with Gasteiger partial charge in [-0.15, -0.1) is 0 Å². The molecule has 113 heavy (non-hydrogen) atoms. The van der Waals surface area contributed by atoms with Gasteiger partial charge in [0, 0.05) is 95.2 Å². The molecule has 0 spiro atoms. The zero-order valence-electron chi connectivity index (χ0n) is 70.6. The molecule has 11 aromatic rings. The summed E-state index contributed by atoms with van der Waals surface area (Å²) < 4.78 is 0. The van der Waals surface area contributed by atoms with Gasteiger partial charge in [-0.3, -0.25) is 10.1 Å². The van der Waals surface area contributed by atoms with Crippen molar-refractivity contribution in [3.63, 3.8) is 0 Å². The summed E-state index contributed by atoms with van der Waals surface area (Å²) in [5, 5.41) is 12.4. The fraction of sp³-hybridized carbons (Fsp3) is 0.314. The Bertz CT molecular complexity index is 5990. The molecule has 0 unspecified atom stereocenters. The number of nitrogens with one attached hydrogen (secondary N) is 4. The Morgan fingerprint density at radius 3 is 0.726 bits per heavy atom. The van der Waals surface area contributed by atoms with Crippen molar-refractivity contribution in [3.05, 3.63) is 252 Å². The van der Waals surface area contributed by atoms with Crippen LogP contribution in [0, 0.1) is 10.1 Å². The Morgan fingerprint density at radius 2 is 0.460 bits per heavy atom. The van der Waals surface area contributed by atoms with Gasteiger partial charge in [-0.2, -0.15) is 0 Å². The molecule has 0 fully saturated rings. The topological polar surface area (TPSA) is 158 Å². The van der Waals surface area contributed by atoms with Crippen LogP contribution < -0.4 is 0 Å². The Hall–Kier alpha value is -11.3. The van der Waals surface area contributed by atoms with Crippen molar-refractivity contribution in [2.24, 2.45) is 0 Å². The van der Waals surface area contributed by atoms with E-state index in [9.17, 15) is 10.1 Å². The summed E-state index contributed by atoms with van der Waals surface area (Å²) in [7, 11) is 0. The molecule has 0 saturated carbocycles. The SMILES string of the molecule is CC(C)(C)c1cc(-c2c3nc(c(-c4c5nc(c(-c6cc(C(C)(C)C)cc(C(C)(C)C)c6)c6ccc([nH]6)c(-c6ccc([N+](=O)[O-])cc6)c6nc(c(-c7cc(C(C)(C)C)cc(C(C)(C)C)c7)c7ccc4[nH]7)C=C6)C=C5)c4ccc([nH]4)c(-c4cc(C(C)(C)C)cc(C(C)(C)C)c4)c4nc(cc5ccc2[nH]5)C=C4)C=C3)cc(C(C)(C)C)c1. The highest BCUT2D eigenvalue weighted by Gasteiger charge is 2.31. The summed E-state index contributed by atoms with van der Waals surface area (Å²) in [5.41, 5.74) is 32.2. The Morgan fingerprint density at radius 1 is 0.239 bits per heavy atom. The maximum Gasteiger partial charge on any atom is 0.269 e. The number of hydrogen-bond acceptors (Lipinski definition) is 6. The highest BCUT2D eigenvalue weighted by molar-refractivity contribution is 6.06. The van der Waals surface area contributed by atoms with Gasteiger partial charge in [0.2, 0.25) is 0 Å². The molecule has 0 saturated heterocycles. The maximum absolute atomic E-state index is 12.4. The van der Waals surface area contributed by atoms with Gasteiger partial charge in [-0.1, -0.05) is 239 Å². The third kappa shape index (κ3) is 15.1. The van der Waals surface area contributed by atoms with Gasteiger partial charge in [0.25, 0.3) is 5.69 Å². The van der Waals surface area contributed by atoms with Gasteiger partial charge in [0.05, 0.1) is 50.5 Å². The molecule has 6 aromatic heterocycles. The van der Waals surface area contributed by atoms with Crippen molar-refractivity contribution in [1.29, 1.82) is 0 Å². The molecular formula is C102H109N9O2. The fourth-order valence-electron chi connectivity index (χ4n) is 15.7. The van der Waals surface area contributed by atoms with Crippen LogP contribution in [0.25, 0.3) is 160 Å². The predicted molar refractivity (Wildman–Crippen MR) is 480 cm³/mol. The second-order valence-corrected chi connectivity index (χ2v) is 39.9. The fourth-order valence-corrected chi connectivity index (χ4v) is 15.7. The summed E-state index contributed by atoms with van der Waals surface area (Å²) in [6.07, 6.45) is 17.3. The zero-order valence-corrected chi connectivity index (χ0v) is 70.6. The molecule has 15 rings (SSSR count). The quantitative estimate of drug-likeness (QED) is 0.0919. The number of non-ortho nitro benzene ring substituents is 1.